The van der Waals surface area contributed by atoms with Gasteiger partial charge in [-0.25, -0.2) is 4.79 Å². The summed E-state index contributed by atoms with van der Waals surface area (Å²) in [5.41, 5.74) is 0.620. The van der Waals surface area contributed by atoms with Crippen LogP contribution in [0.25, 0.3) is 0 Å². The maximum absolute atomic E-state index is 13.0. The quantitative estimate of drug-likeness (QED) is 0.701. The van der Waals surface area contributed by atoms with Gasteiger partial charge < -0.3 is 14.6 Å². The van der Waals surface area contributed by atoms with Crippen molar-refractivity contribution in [3.63, 3.8) is 0 Å². The maximum Gasteiger partial charge on any atom is 0.322 e. The fraction of sp³-hybridized carbons (Fsp3) is 0.550. The minimum Gasteiger partial charge on any atom is -0.495 e. The fourth-order valence-electron chi connectivity index (χ4n) is 3.41. The highest BCUT2D eigenvalue weighted by molar-refractivity contribution is 6.31. The van der Waals surface area contributed by atoms with E-state index in [1.165, 1.54) is 6.42 Å². The van der Waals surface area contributed by atoms with Crippen molar-refractivity contribution in [3.8, 4) is 5.75 Å². The molecule has 7 nitrogen and oxygen atoms in total. The summed E-state index contributed by atoms with van der Waals surface area (Å²) >= 11 is 6.22. The molecule has 0 atom stereocenters. The molecule has 0 saturated carbocycles. The zero-order chi connectivity index (χ0) is 19.9. The third kappa shape index (κ3) is 4.76. The van der Waals surface area contributed by atoms with Crippen LogP contribution in [0, 0.1) is 0 Å². The number of anilines is 1. The third-order valence-electron chi connectivity index (χ3n) is 4.97. The Bertz CT molecular complexity index is 808. The summed E-state index contributed by atoms with van der Waals surface area (Å²) in [4.78, 5) is 14.7. The van der Waals surface area contributed by atoms with Crippen LogP contribution in [0.2, 0.25) is 5.02 Å². The van der Waals surface area contributed by atoms with Crippen molar-refractivity contribution in [3.05, 3.63) is 34.9 Å². The molecule has 0 unspecified atom stereocenters. The van der Waals surface area contributed by atoms with Crippen LogP contribution >= 0.6 is 11.6 Å². The Hall–Kier alpha value is -2.28. The SMILES string of the molecule is CCCCNC(=O)N(Cc1nnc2n1CCCCC2)c1cc(Cl)ccc1OC. The molecule has 1 aromatic heterocycles. The van der Waals surface area contributed by atoms with Gasteiger partial charge in [0.1, 0.15) is 11.6 Å². The van der Waals surface area contributed by atoms with Gasteiger partial charge in [-0.3, -0.25) is 4.90 Å². The lowest BCUT2D eigenvalue weighted by atomic mass is 10.2. The Labute approximate surface area is 171 Å². The number of aryl methyl sites for hydroxylation is 1. The Morgan fingerprint density at radius 2 is 2.18 bits per heavy atom. The van der Waals surface area contributed by atoms with E-state index in [-0.39, 0.29) is 6.03 Å². The number of halogens is 1. The number of benzene rings is 1. The van der Waals surface area contributed by atoms with E-state index < -0.39 is 0 Å². The molecule has 1 aliphatic heterocycles. The van der Waals surface area contributed by atoms with E-state index in [0.29, 0.717) is 29.5 Å². The van der Waals surface area contributed by atoms with Crippen molar-refractivity contribution in [2.45, 2.75) is 58.5 Å². The number of amides is 2. The second kappa shape index (κ2) is 9.78. The number of carbonyl (C=O) groups is 1. The molecule has 8 heteroatoms. The largest absolute Gasteiger partial charge is 0.495 e. The monoisotopic (exact) mass is 405 g/mol. The summed E-state index contributed by atoms with van der Waals surface area (Å²) < 4.78 is 7.63. The van der Waals surface area contributed by atoms with E-state index >= 15 is 0 Å². The summed E-state index contributed by atoms with van der Waals surface area (Å²) in [5.74, 6) is 2.37. The van der Waals surface area contributed by atoms with Gasteiger partial charge in [-0.2, -0.15) is 0 Å². The van der Waals surface area contributed by atoms with Crippen molar-refractivity contribution in [2.24, 2.45) is 0 Å². The number of unbranched alkanes of at least 4 members (excludes halogenated alkanes) is 1. The van der Waals surface area contributed by atoms with Crippen LogP contribution in [0.15, 0.2) is 18.2 Å². The van der Waals surface area contributed by atoms with Crippen LogP contribution in [-0.4, -0.2) is 34.5 Å². The first-order valence-electron chi connectivity index (χ1n) is 9.94. The predicted octanol–water partition coefficient (Wildman–Crippen LogP) is 4.18. The van der Waals surface area contributed by atoms with Gasteiger partial charge in [0, 0.05) is 24.5 Å². The number of hydrogen-bond acceptors (Lipinski definition) is 4. The molecule has 0 spiro atoms. The molecule has 0 fully saturated rings. The standard InChI is InChI=1S/C20H28ClN5O2/c1-3-4-11-22-20(27)26(16-13-15(21)9-10-17(16)28-2)14-19-24-23-18-8-6-5-7-12-25(18)19/h9-10,13H,3-8,11-12,14H2,1-2H3,(H,22,27). The fourth-order valence-corrected chi connectivity index (χ4v) is 3.58. The normalized spacial score (nSPS) is 13.5. The lowest BCUT2D eigenvalue weighted by Crippen LogP contribution is -2.41. The Morgan fingerprint density at radius 1 is 1.32 bits per heavy atom. The van der Waals surface area contributed by atoms with Crippen LogP contribution in [-0.2, 0) is 19.5 Å². The summed E-state index contributed by atoms with van der Waals surface area (Å²) in [7, 11) is 1.59. The third-order valence-corrected chi connectivity index (χ3v) is 5.20. The first kappa shape index (κ1) is 20.5. The average molecular weight is 406 g/mol. The molecule has 3 rings (SSSR count). The van der Waals surface area contributed by atoms with Gasteiger partial charge in [-0.15, -0.1) is 10.2 Å². The van der Waals surface area contributed by atoms with Gasteiger partial charge in [-0.05, 0) is 37.5 Å². The van der Waals surface area contributed by atoms with Crippen LogP contribution in [0.3, 0.4) is 0 Å². The van der Waals surface area contributed by atoms with Crippen molar-refractivity contribution in [1.82, 2.24) is 20.1 Å². The number of nitrogens with zero attached hydrogens (tertiary/aromatic N) is 4. The van der Waals surface area contributed by atoms with Crippen LogP contribution in [0.1, 0.15) is 50.7 Å². The topological polar surface area (TPSA) is 72.3 Å². The van der Waals surface area contributed by atoms with Crippen molar-refractivity contribution in [2.75, 3.05) is 18.6 Å². The number of carbonyl (C=O) groups excluding carboxylic acids is 1. The number of urea groups is 1. The smallest absolute Gasteiger partial charge is 0.322 e. The van der Waals surface area contributed by atoms with Gasteiger partial charge in [0.25, 0.3) is 0 Å². The van der Waals surface area contributed by atoms with Crippen molar-refractivity contribution < 1.29 is 9.53 Å². The van der Waals surface area contributed by atoms with Gasteiger partial charge in [0.2, 0.25) is 0 Å². The Balaban J connectivity index is 1.92. The van der Waals surface area contributed by atoms with Gasteiger partial charge >= 0.3 is 6.03 Å². The number of hydrogen-bond donors (Lipinski definition) is 1. The molecule has 1 N–H and O–H groups in total. The molecule has 28 heavy (non-hydrogen) atoms. The van der Waals surface area contributed by atoms with Gasteiger partial charge in [0.15, 0.2) is 5.82 Å². The summed E-state index contributed by atoms with van der Waals surface area (Å²) in [5, 5.41) is 12.3. The highest BCUT2D eigenvalue weighted by Crippen LogP contribution is 2.32. The predicted molar refractivity (Wildman–Crippen MR) is 110 cm³/mol. The van der Waals surface area contributed by atoms with Crippen molar-refractivity contribution >= 4 is 23.3 Å². The number of ether oxygens (including phenoxy) is 1. The average Bonchev–Trinajstić information content (AvgIpc) is 2.92. The second-order valence-corrected chi connectivity index (χ2v) is 7.42. The zero-order valence-corrected chi connectivity index (χ0v) is 17.3. The highest BCUT2D eigenvalue weighted by atomic mass is 35.5. The number of rotatable bonds is 7. The van der Waals surface area contributed by atoms with E-state index in [9.17, 15) is 4.79 Å². The molecule has 2 heterocycles. The molecule has 1 aromatic carbocycles. The molecule has 0 radical (unpaired) electrons. The lowest BCUT2D eigenvalue weighted by molar-refractivity contribution is 0.245. The second-order valence-electron chi connectivity index (χ2n) is 6.98. The van der Waals surface area contributed by atoms with E-state index in [1.807, 2.05) is 0 Å². The highest BCUT2D eigenvalue weighted by Gasteiger charge is 2.24. The molecule has 1 aliphatic rings. The van der Waals surface area contributed by atoms with E-state index in [4.69, 9.17) is 16.3 Å². The molecule has 152 valence electrons. The Morgan fingerprint density at radius 3 is 2.96 bits per heavy atom. The molecule has 0 aliphatic carbocycles. The first-order chi connectivity index (χ1) is 13.6. The van der Waals surface area contributed by atoms with Crippen LogP contribution in [0.4, 0.5) is 10.5 Å². The molecule has 2 amide bonds. The van der Waals surface area contributed by atoms with Gasteiger partial charge in [0.05, 0.1) is 19.3 Å². The summed E-state index contributed by atoms with van der Waals surface area (Å²) in [6, 6.07) is 5.08. The van der Waals surface area contributed by atoms with E-state index in [0.717, 1.165) is 50.3 Å². The number of fused-ring (bicyclic) bond motifs is 1. The molecule has 0 bridgehead atoms. The van der Waals surface area contributed by atoms with E-state index in [2.05, 4.69) is 27.0 Å². The Kier molecular flexibility index (Phi) is 7.14. The number of nitrogens with one attached hydrogen (secondary N) is 1. The maximum atomic E-state index is 13.0. The van der Waals surface area contributed by atoms with Gasteiger partial charge in [-0.1, -0.05) is 31.4 Å². The zero-order valence-electron chi connectivity index (χ0n) is 16.6. The summed E-state index contributed by atoms with van der Waals surface area (Å²) in [6.07, 6.45) is 6.27. The number of methoxy groups -OCH3 is 1. The van der Waals surface area contributed by atoms with Crippen LogP contribution < -0.4 is 15.0 Å². The number of aromatic nitrogens is 3. The summed E-state index contributed by atoms with van der Waals surface area (Å²) in [6.45, 7) is 3.90. The minimum atomic E-state index is -0.194. The molecule has 2 aromatic rings. The van der Waals surface area contributed by atoms with Crippen molar-refractivity contribution in [1.29, 1.82) is 0 Å². The van der Waals surface area contributed by atoms with E-state index in [1.54, 1.807) is 30.2 Å². The molecular weight excluding hydrogens is 378 g/mol. The molecular formula is C20H28ClN5O2. The lowest BCUT2D eigenvalue weighted by Gasteiger charge is -2.25. The minimum absolute atomic E-state index is 0.194. The molecule has 0 saturated heterocycles. The first-order valence-corrected chi connectivity index (χ1v) is 10.3. The van der Waals surface area contributed by atoms with Crippen LogP contribution in [0.5, 0.6) is 5.75 Å².